The first-order valence-corrected chi connectivity index (χ1v) is 8.19. The van der Waals surface area contributed by atoms with E-state index in [1.54, 1.807) is 30.3 Å². The first kappa shape index (κ1) is 19.1. The summed E-state index contributed by atoms with van der Waals surface area (Å²) in [6, 6.07) is 6.70. The molecule has 0 radical (unpaired) electrons. The van der Waals surface area contributed by atoms with Crippen LogP contribution in [0.1, 0.15) is 55.5 Å². The zero-order valence-electron chi connectivity index (χ0n) is 14.0. The van der Waals surface area contributed by atoms with Gasteiger partial charge in [-0.25, -0.2) is 4.79 Å². The minimum atomic E-state index is -0.502. The van der Waals surface area contributed by atoms with Crippen LogP contribution in [0.2, 0.25) is 0 Å². The summed E-state index contributed by atoms with van der Waals surface area (Å²) in [7, 11) is 0. The molecule has 1 atom stereocenters. The summed E-state index contributed by atoms with van der Waals surface area (Å²) >= 11 is 0. The monoisotopic (exact) mass is 318 g/mol. The number of aliphatic hydroxyl groups is 1. The van der Waals surface area contributed by atoms with Crippen molar-refractivity contribution in [3.63, 3.8) is 0 Å². The number of unbranched alkanes of at least 4 members (excludes halogenated alkanes) is 1. The number of hydrogen-bond donors (Lipinski definition) is 1. The summed E-state index contributed by atoms with van der Waals surface area (Å²) in [4.78, 5) is 23.0. The molecule has 0 bridgehead atoms. The summed E-state index contributed by atoms with van der Waals surface area (Å²) in [5.74, 6) is -0.246. The second-order valence-electron chi connectivity index (χ2n) is 5.58. The molecule has 1 unspecified atom stereocenters. The van der Waals surface area contributed by atoms with Crippen molar-refractivity contribution in [3.8, 4) is 0 Å². The topological polar surface area (TPSA) is 63.6 Å². The van der Waals surface area contributed by atoms with Gasteiger partial charge in [-0.05, 0) is 24.0 Å². The Hall–Kier alpha value is -1.94. The van der Waals surface area contributed by atoms with Crippen LogP contribution in [0.25, 0.3) is 6.08 Å². The van der Waals surface area contributed by atoms with E-state index in [0.717, 1.165) is 31.2 Å². The van der Waals surface area contributed by atoms with Gasteiger partial charge in [0.05, 0.1) is 6.61 Å². The molecule has 1 aromatic rings. The lowest BCUT2D eigenvalue weighted by molar-refractivity contribution is -0.139. The lowest BCUT2D eigenvalue weighted by atomic mass is 10.0. The molecule has 1 rings (SSSR count). The standard InChI is InChI=1S/C19H26O4/c1-3-5-6-15(4-2)14-23-19(22)12-9-16-7-10-17(11-8-16)18(21)13-20/h7-12,15,20H,3-6,13-14H2,1-2H3/b12-9+. The van der Waals surface area contributed by atoms with Crippen molar-refractivity contribution < 1.29 is 19.4 Å². The predicted octanol–water partition coefficient (Wildman–Crippen LogP) is 3.63. The summed E-state index contributed by atoms with van der Waals surface area (Å²) in [5.41, 5.74) is 1.25. The van der Waals surface area contributed by atoms with Gasteiger partial charge in [-0.1, -0.05) is 57.4 Å². The molecule has 4 heteroatoms. The molecular formula is C19H26O4. The van der Waals surface area contributed by atoms with Gasteiger partial charge in [0.2, 0.25) is 0 Å². The Morgan fingerprint density at radius 3 is 2.48 bits per heavy atom. The van der Waals surface area contributed by atoms with Crippen LogP contribution in [0.5, 0.6) is 0 Å². The third kappa shape index (κ3) is 7.24. The van der Waals surface area contributed by atoms with Crippen molar-refractivity contribution in [2.75, 3.05) is 13.2 Å². The molecule has 0 heterocycles. The van der Waals surface area contributed by atoms with Crippen molar-refractivity contribution in [1.29, 1.82) is 0 Å². The van der Waals surface area contributed by atoms with Crippen molar-refractivity contribution in [2.24, 2.45) is 5.92 Å². The molecule has 126 valence electrons. The van der Waals surface area contributed by atoms with E-state index in [1.165, 1.54) is 6.08 Å². The fourth-order valence-corrected chi connectivity index (χ4v) is 2.18. The van der Waals surface area contributed by atoms with Crippen molar-refractivity contribution in [3.05, 3.63) is 41.5 Å². The number of aliphatic hydroxyl groups excluding tert-OH is 1. The van der Waals surface area contributed by atoms with E-state index in [-0.39, 0.29) is 11.8 Å². The van der Waals surface area contributed by atoms with Crippen molar-refractivity contribution in [2.45, 2.75) is 39.5 Å². The van der Waals surface area contributed by atoms with Gasteiger partial charge in [0, 0.05) is 11.6 Å². The van der Waals surface area contributed by atoms with E-state index >= 15 is 0 Å². The molecule has 1 aromatic carbocycles. The predicted molar refractivity (Wildman–Crippen MR) is 91.2 cm³/mol. The van der Waals surface area contributed by atoms with Gasteiger partial charge in [-0.15, -0.1) is 0 Å². The Morgan fingerprint density at radius 1 is 1.22 bits per heavy atom. The first-order chi connectivity index (χ1) is 11.1. The van der Waals surface area contributed by atoms with Crippen LogP contribution >= 0.6 is 0 Å². The Kier molecular flexibility index (Phi) is 8.91. The number of esters is 1. The zero-order chi connectivity index (χ0) is 17.1. The zero-order valence-corrected chi connectivity index (χ0v) is 14.0. The highest BCUT2D eigenvalue weighted by molar-refractivity contribution is 5.97. The molecule has 0 saturated carbocycles. The number of benzene rings is 1. The molecule has 0 saturated heterocycles. The van der Waals surface area contributed by atoms with Crippen LogP contribution in [0, 0.1) is 5.92 Å². The van der Waals surface area contributed by atoms with E-state index < -0.39 is 6.61 Å². The molecule has 0 spiro atoms. The molecule has 4 nitrogen and oxygen atoms in total. The smallest absolute Gasteiger partial charge is 0.330 e. The number of carbonyl (C=O) groups is 2. The summed E-state index contributed by atoms with van der Waals surface area (Å²) in [6.07, 6.45) is 7.46. The van der Waals surface area contributed by atoms with Crippen LogP contribution in [-0.2, 0) is 9.53 Å². The number of carbonyl (C=O) groups excluding carboxylic acids is 2. The second kappa shape index (κ2) is 10.7. The molecule has 0 aliphatic carbocycles. The van der Waals surface area contributed by atoms with Crippen LogP contribution in [0.15, 0.2) is 30.3 Å². The molecule has 1 N–H and O–H groups in total. The Morgan fingerprint density at radius 2 is 1.91 bits per heavy atom. The number of ether oxygens (including phenoxy) is 1. The van der Waals surface area contributed by atoms with Crippen LogP contribution in [0.3, 0.4) is 0 Å². The number of hydrogen-bond acceptors (Lipinski definition) is 4. The number of Topliss-reactive ketones (excluding diaryl/α,β-unsaturated/α-hetero) is 1. The van der Waals surface area contributed by atoms with Gasteiger partial charge in [0.1, 0.15) is 6.61 Å². The molecule has 23 heavy (non-hydrogen) atoms. The molecule has 0 aromatic heterocycles. The summed E-state index contributed by atoms with van der Waals surface area (Å²) in [6.45, 7) is 4.22. The molecule has 0 aliphatic rings. The average Bonchev–Trinajstić information content (AvgIpc) is 2.59. The van der Waals surface area contributed by atoms with E-state index in [4.69, 9.17) is 9.84 Å². The first-order valence-electron chi connectivity index (χ1n) is 8.19. The molecule has 0 amide bonds. The maximum Gasteiger partial charge on any atom is 0.330 e. The normalized spacial score (nSPS) is 12.3. The van der Waals surface area contributed by atoms with Gasteiger partial charge in [-0.3, -0.25) is 4.79 Å². The third-order valence-corrected chi connectivity index (χ3v) is 3.79. The van der Waals surface area contributed by atoms with Gasteiger partial charge >= 0.3 is 5.97 Å². The Balaban J connectivity index is 2.46. The highest BCUT2D eigenvalue weighted by Gasteiger charge is 2.08. The highest BCUT2D eigenvalue weighted by Crippen LogP contribution is 2.13. The SMILES string of the molecule is CCCCC(CC)COC(=O)/C=C/c1ccc(C(=O)CO)cc1. The molecule has 0 aliphatic heterocycles. The number of rotatable bonds is 10. The molecular weight excluding hydrogens is 292 g/mol. The fraction of sp³-hybridized carbons (Fsp3) is 0.474. The highest BCUT2D eigenvalue weighted by atomic mass is 16.5. The third-order valence-electron chi connectivity index (χ3n) is 3.79. The van der Waals surface area contributed by atoms with Gasteiger partial charge in [0.15, 0.2) is 5.78 Å². The summed E-state index contributed by atoms with van der Waals surface area (Å²) < 4.78 is 5.28. The lowest BCUT2D eigenvalue weighted by Gasteiger charge is -2.13. The lowest BCUT2D eigenvalue weighted by Crippen LogP contribution is -2.12. The second-order valence-corrected chi connectivity index (χ2v) is 5.58. The number of ketones is 1. The van der Waals surface area contributed by atoms with Gasteiger partial charge in [-0.2, -0.15) is 0 Å². The minimum Gasteiger partial charge on any atom is -0.462 e. The maximum atomic E-state index is 11.7. The van der Waals surface area contributed by atoms with Gasteiger partial charge < -0.3 is 9.84 Å². The fourth-order valence-electron chi connectivity index (χ4n) is 2.18. The molecule has 0 fully saturated rings. The van der Waals surface area contributed by atoms with E-state index in [0.29, 0.717) is 18.1 Å². The van der Waals surface area contributed by atoms with E-state index in [2.05, 4.69) is 13.8 Å². The van der Waals surface area contributed by atoms with Crippen LogP contribution in [-0.4, -0.2) is 30.1 Å². The quantitative estimate of drug-likeness (QED) is 0.406. The Bertz CT molecular complexity index is 517. The van der Waals surface area contributed by atoms with Gasteiger partial charge in [0.25, 0.3) is 0 Å². The van der Waals surface area contributed by atoms with Crippen molar-refractivity contribution in [1.82, 2.24) is 0 Å². The van der Waals surface area contributed by atoms with Crippen molar-refractivity contribution >= 4 is 17.8 Å². The van der Waals surface area contributed by atoms with E-state index in [9.17, 15) is 9.59 Å². The summed E-state index contributed by atoms with van der Waals surface area (Å²) in [5, 5.41) is 8.79. The largest absolute Gasteiger partial charge is 0.462 e. The maximum absolute atomic E-state index is 11.7. The van der Waals surface area contributed by atoms with E-state index in [1.807, 2.05) is 0 Å². The van der Waals surface area contributed by atoms with Crippen LogP contribution in [0.4, 0.5) is 0 Å². The minimum absolute atomic E-state index is 0.322. The van der Waals surface area contributed by atoms with Crippen LogP contribution < -0.4 is 0 Å². The average molecular weight is 318 g/mol. The Labute approximate surface area is 138 Å².